The first-order chi connectivity index (χ1) is 9.00. The normalized spacial score (nSPS) is 21.3. The highest BCUT2D eigenvalue weighted by molar-refractivity contribution is 5.76. The van der Waals surface area contributed by atoms with Crippen LogP contribution in [0.2, 0.25) is 0 Å². The van der Waals surface area contributed by atoms with Crippen molar-refractivity contribution in [3.8, 4) is 0 Å². The van der Waals surface area contributed by atoms with Crippen molar-refractivity contribution in [1.29, 1.82) is 0 Å². The summed E-state index contributed by atoms with van der Waals surface area (Å²) in [4.78, 5) is 14.1. The van der Waals surface area contributed by atoms with Crippen molar-refractivity contribution in [3.63, 3.8) is 0 Å². The minimum absolute atomic E-state index is 0.368. The molecule has 0 spiro atoms. The van der Waals surface area contributed by atoms with E-state index in [9.17, 15) is 4.79 Å². The molecule has 1 fully saturated rings. The molecule has 0 aliphatic carbocycles. The van der Waals surface area contributed by atoms with Gasteiger partial charge in [-0.25, -0.2) is 0 Å². The highest BCUT2D eigenvalue weighted by atomic mass is 16.2. The lowest BCUT2D eigenvalue weighted by atomic mass is 9.89. The van der Waals surface area contributed by atoms with Crippen LogP contribution in [0.1, 0.15) is 53.4 Å². The monoisotopic (exact) mass is 268 g/mol. The van der Waals surface area contributed by atoms with Gasteiger partial charge in [-0.3, -0.25) is 4.79 Å². The number of likely N-dealkylation sites (tertiary alicyclic amines) is 1. The number of amides is 1. The van der Waals surface area contributed by atoms with E-state index in [-0.39, 0.29) is 0 Å². The number of nitrogens with zero attached hydrogens (tertiary/aromatic N) is 1. The van der Waals surface area contributed by atoms with Crippen molar-refractivity contribution in [3.05, 3.63) is 0 Å². The minimum Gasteiger partial charge on any atom is -0.343 e. The Hall–Kier alpha value is -0.570. The number of carbonyl (C=O) groups excluding carboxylic acids is 1. The van der Waals surface area contributed by atoms with E-state index in [1.54, 1.807) is 0 Å². The molecule has 1 unspecified atom stereocenters. The van der Waals surface area contributed by atoms with E-state index in [4.69, 9.17) is 0 Å². The molecule has 0 aromatic heterocycles. The molecule has 0 bridgehead atoms. The molecule has 3 nitrogen and oxygen atoms in total. The van der Waals surface area contributed by atoms with Gasteiger partial charge < -0.3 is 10.2 Å². The smallest absolute Gasteiger partial charge is 0.222 e. The Morgan fingerprint density at radius 3 is 2.63 bits per heavy atom. The van der Waals surface area contributed by atoms with Gasteiger partial charge in [0.25, 0.3) is 0 Å². The number of hydrogen-bond donors (Lipinski definition) is 1. The number of rotatable bonds is 7. The first-order valence-electron chi connectivity index (χ1n) is 7.99. The first kappa shape index (κ1) is 16.5. The molecule has 1 rings (SSSR count). The molecular formula is C16H32N2O. The minimum atomic E-state index is 0.368. The number of hydrogen-bond acceptors (Lipinski definition) is 2. The topological polar surface area (TPSA) is 32.3 Å². The molecule has 1 saturated heterocycles. The summed E-state index contributed by atoms with van der Waals surface area (Å²) in [5.41, 5.74) is 0. The average molecular weight is 268 g/mol. The summed E-state index contributed by atoms with van der Waals surface area (Å²) in [6.07, 6.45) is 4.09. The Morgan fingerprint density at radius 2 is 2.00 bits per heavy atom. The molecule has 1 aliphatic rings. The summed E-state index contributed by atoms with van der Waals surface area (Å²) in [6, 6.07) is 0. The van der Waals surface area contributed by atoms with Gasteiger partial charge in [-0.1, -0.05) is 27.7 Å². The second-order valence-electron chi connectivity index (χ2n) is 6.66. The molecule has 112 valence electrons. The van der Waals surface area contributed by atoms with Gasteiger partial charge in [0.1, 0.15) is 0 Å². The largest absolute Gasteiger partial charge is 0.343 e. The lowest BCUT2D eigenvalue weighted by Crippen LogP contribution is -2.33. The summed E-state index contributed by atoms with van der Waals surface area (Å²) < 4.78 is 0. The van der Waals surface area contributed by atoms with Crippen LogP contribution in [-0.4, -0.2) is 37.0 Å². The Balaban J connectivity index is 2.23. The Bertz CT molecular complexity index is 263. The van der Waals surface area contributed by atoms with E-state index in [0.29, 0.717) is 17.7 Å². The lowest BCUT2D eigenvalue weighted by molar-refractivity contribution is -0.130. The van der Waals surface area contributed by atoms with E-state index >= 15 is 0 Å². The summed E-state index contributed by atoms with van der Waals surface area (Å²) >= 11 is 0. The quantitative estimate of drug-likeness (QED) is 0.720. The number of nitrogens with one attached hydrogen (secondary N) is 1. The van der Waals surface area contributed by atoms with Gasteiger partial charge in [0, 0.05) is 19.5 Å². The fourth-order valence-corrected chi connectivity index (χ4v) is 2.75. The molecule has 0 aromatic rings. The van der Waals surface area contributed by atoms with Gasteiger partial charge in [0.2, 0.25) is 5.91 Å². The maximum atomic E-state index is 12.1. The number of carbonyl (C=O) groups is 1. The van der Waals surface area contributed by atoms with Gasteiger partial charge in [0.05, 0.1) is 0 Å². The lowest BCUT2D eigenvalue weighted by Gasteiger charge is -2.22. The van der Waals surface area contributed by atoms with Crippen LogP contribution in [-0.2, 0) is 4.79 Å². The fraction of sp³-hybridized carbons (Fsp3) is 0.938. The van der Waals surface area contributed by atoms with Crippen molar-refractivity contribution in [2.45, 2.75) is 53.4 Å². The molecule has 3 heteroatoms. The van der Waals surface area contributed by atoms with Crippen LogP contribution in [0.5, 0.6) is 0 Å². The molecule has 0 aromatic carbocycles. The predicted octanol–water partition coefficient (Wildman–Crippen LogP) is 2.91. The van der Waals surface area contributed by atoms with E-state index in [2.05, 4.69) is 37.9 Å². The van der Waals surface area contributed by atoms with Crippen molar-refractivity contribution in [2.75, 3.05) is 26.2 Å². The molecule has 1 aliphatic heterocycles. The predicted molar refractivity (Wildman–Crippen MR) is 81.1 cm³/mol. The molecule has 1 heterocycles. The summed E-state index contributed by atoms with van der Waals surface area (Å²) in [6.45, 7) is 13.0. The molecule has 0 saturated carbocycles. The maximum Gasteiger partial charge on any atom is 0.222 e. The van der Waals surface area contributed by atoms with Crippen LogP contribution in [0.4, 0.5) is 0 Å². The van der Waals surface area contributed by atoms with Crippen molar-refractivity contribution in [2.24, 2.45) is 17.8 Å². The third-order valence-corrected chi connectivity index (χ3v) is 4.13. The van der Waals surface area contributed by atoms with Gasteiger partial charge >= 0.3 is 0 Å². The van der Waals surface area contributed by atoms with E-state index in [1.807, 2.05) is 0 Å². The van der Waals surface area contributed by atoms with Crippen LogP contribution in [0, 0.1) is 17.8 Å². The Kier molecular flexibility index (Phi) is 7.44. The maximum absolute atomic E-state index is 12.1. The van der Waals surface area contributed by atoms with Crippen LogP contribution in [0.15, 0.2) is 0 Å². The van der Waals surface area contributed by atoms with Crippen molar-refractivity contribution >= 4 is 5.91 Å². The van der Waals surface area contributed by atoms with Crippen LogP contribution in [0.3, 0.4) is 0 Å². The molecule has 0 radical (unpaired) electrons. The zero-order chi connectivity index (χ0) is 14.3. The first-order valence-corrected chi connectivity index (χ1v) is 7.99. The fourth-order valence-electron chi connectivity index (χ4n) is 2.75. The van der Waals surface area contributed by atoms with Crippen LogP contribution >= 0.6 is 0 Å². The van der Waals surface area contributed by atoms with E-state index in [1.165, 1.54) is 6.42 Å². The van der Waals surface area contributed by atoms with Crippen LogP contribution in [0.25, 0.3) is 0 Å². The van der Waals surface area contributed by atoms with Gasteiger partial charge in [0.15, 0.2) is 0 Å². The molecule has 19 heavy (non-hydrogen) atoms. The van der Waals surface area contributed by atoms with E-state index < -0.39 is 0 Å². The summed E-state index contributed by atoms with van der Waals surface area (Å²) in [5.74, 6) is 2.51. The highest BCUT2D eigenvalue weighted by Gasteiger charge is 2.23. The highest BCUT2D eigenvalue weighted by Crippen LogP contribution is 2.25. The van der Waals surface area contributed by atoms with Crippen molar-refractivity contribution in [1.82, 2.24) is 10.2 Å². The van der Waals surface area contributed by atoms with Crippen LogP contribution < -0.4 is 5.32 Å². The van der Waals surface area contributed by atoms with Gasteiger partial charge in [-0.2, -0.15) is 0 Å². The third kappa shape index (κ3) is 6.42. The molecule has 1 amide bonds. The molecule has 1 N–H and O–H groups in total. The second kappa shape index (κ2) is 8.57. The second-order valence-corrected chi connectivity index (χ2v) is 6.66. The van der Waals surface area contributed by atoms with Gasteiger partial charge in [-0.05, 0) is 50.1 Å². The SMILES string of the molecule is CC(C)CNCCCN1CCC(C(C)C)CCC1=O. The third-order valence-electron chi connectivity index (χ3n) is 4.13. The summed E-state index contributed by atoms with van der Waals surface area (Å²) in [7, 11) is 0. The van der Waals surface area contributed by atoms with Crippen molar-refractivity contribution < 1.29 is 4.79 Å². The standard InChI is InChI=1S/C16H32N2O/c1-13(2)12-17-9-5-10-18-11-8-15(14(3)4)6-7-16(18)19/h13-15,17H,5-12H2,1-4H3. The molecule has 1 atom stereocenters. The zero-order valence-corrected chi connectivity index (χ0v) is 13.2. The summed E-state index contributed by atoms with van der Waals surface area (Å²) in [5, 5.41) is 3.44. The Morgan fingerprint density at radius 1 is 1.26 bits per heavy atom. The average Bonchev–Trinajstić information content (AvgIpc) is 2.51. The molecular weight excluding hydrogens is 236 g/mol. The van der Waals surface area contributed by atoms with E-state index in [0.717, 1.165) is 51.4 Å². The Labute approximate surface area is 119 Å². The zero-order valence-electron chi connectivity index (χ0n) is 13.2. The van der Waals surface area contributed by atoms with Gasteiger partial charge in [-0.15, -0.1) is 0 Å².